The molecule has 0 aliphatic carbocycles. The maximum Gasteiger partial charge on any atom is 0.308 e. The van der Waals surface area contributed by atoms with E-state index in [4.69, 9.17) is 14.2 Å². The molecule has 0 saturated heterocycles. The monoisotopic (exact) mass is 878 g/mol. The van der Waals surface area contributed by atoms with Crippen molar-refractivity contribution in [2.45, 2.75) is 279 Å². The average Bonchev–Trinajstić information content (AvgIpc) is 3.26. The first kappa shape index (κ1) is 60.4. The van der Waals surface area contributed by atoms with Crippen LogP contribution in [0.25, 0.3) is 0 Å². The highest BCUT2D eigenvalue weighted by atomic mass is 16.5. The van der Waals surface area contributed by atoms with Gasteiger partial charge in [0.25, 0.3) is 0 Å². The highest BCUT2D eigenvalue weighted by Gasteiger charge is 2.20. The van der Waals surface area contributed by atoms with Gasteiger partial charge in [-0.25, -0.2) is 0 Å². The number of esters is 3. The van der Waals surface area contributed by atoms with Gasteiger partial charge in [0.1, 0.15) is 0 Å². The van der Waals surface area contributed by atoms with Crippen molar-refractivity contribution in [1.29, 1.82) is 0 Å². The minimum absolute atomic E-state index is 0.0120. The van der Waals surface area contributed by atoms with Crippen molar-refractivity contribution in [2.75, 3.05) is 39.5 Å². The summed E-state index contributed by atoms with van der Waals surface area (Å²) in [5, 5.41) is 0. The number of hydrogen-bond donors (Lipinski definition) is 0. The van der Waals surface area contributed by atoms with Crippen LogP contribution in [0, 0.1) is 17.8 Å². The van der Waals surface area contributed by atoms with E-state index in [1.54, 1.807) is 0 Å². The number of carbonyl (C=O) groups excluding carboxylic acids is 3. The van der Waals surface area contributed by atoms with Crippen molar-refractivity contribution >= 4 is 17.9 Å². The molecule has 0 bridgehead atoms. The summed E-state index contributed by atoms with van der Waals surface area (Å²) in [5.74, 6) is 1.07. The van der Waals surface area contributed by atoms with Crippen molar-refractivity contribution < 1.29 is 28.6 Å². The molecule has 0 heterocycles. The molecule has 368 valence electrons. The third kappa shape index (κ3) is 39.9. The van der Waals surface area contributed by atoms with E-state index in [2.05, 4.69) is 46.4 Å². The molecule has 0 aliphatic heterocycles. The molecule has 7 heteroatoms. The summed E-state index contributed by atoms with van der Waals surface area (Å²) in [4.78, 5) is 40.6. The van der Waals surface area contributed by atoms with Gasteiger partial charge in [0.15, 0.2) is 0 Å². The molecule has 0 atom stereocenters. The van der Waals surface area contributed by atoms with Crippen LogP contribution in [-0.2, 0) is 28.6 Å². The first-order valence-corrected chi connectivity index (χ1v) is 27.5. The van der Waals surface area contributed by atoms with Crippen LogP contribution in [0.3, 0.4) is 0 Å². The molecular weight excluding hydrogens is 771 g/mol. The summed E-state index contributed by atoms with van der Waals surface area (Å²) in [6, 6.07) is 0. The first-order valence-electron chi connectivity index (χ1n) is 27.5. The topological polar surface area (TPSA) is 82.1 Å². The van der Waals surface area contributed by atoms with Crippen molar-refractivity contribution in [2.24, 2.45) is 17.8 Å². The Labute approximate surface area is 386 Å². The van der Waals surface area contributed by atoms with E-state index in [0.29, 0.717) is 44.5 Å². The fourth-order valence-electron chi connectivity index (χ4n) is 9.00. The molecule has 0 aromatic heterocycles. The second kappa shape index (κ2) is 47.3. The van der Waals surface area contributed by atoms with E-state index in [1.807, 2.05) is 0 Å². The Balaban J connectivity index is 4.32. The third-order valence-corrected chi connectivity index (χ3v) is 13.3. The minimum Gasteiger partial charge on any atom is -0.466 e. The Kier molecular flexibility index (Phi) is 46.1. The summed E-state index contributed by atoms with van der Waals surface area (Å²) in [6.07, 6.45) is 42.1. The fraction of sp³-hybridized carbons (Fsp3) is 0.945. The number of nitrogens with zero attached hydrogens (tertiary/aromatic N) is 1. The van der Waals surface area contributed by atoms with Crippen LogP contribution in [0.2, 0.25) is 0 Å². The summed E-state index contributed by atoms with van der Waals surface area (Å²) in [7, 11) is 0. The van der Waals surface area contributed by atoms with Gasteiger partial charge in [-0.2, -0.15) is 0 Å². The van der Waals surface area contributed by atoms with Crippen LogP contribution in [0.4, 0.5) is 0 Å². The van der Waals surface area contributed by atoms with Gasteiger partial charge < -0.3 is 19.1 Å². The first-order chi connectivity index (χ1) is 30.3. The van der Waals surface area contributed by atoms with Crippen LogP contribution in [0.15, 0.2) is 0 Å². The van der Waals surface area contributed by atoms with Crippen LogP contribution < -0.4 is 0 Å². The fourth-order valence-corrected chi connectivity index (χ4v) is 9.00. The minimum atomic E-state index is 0.0120. The number of carbonyl (C=O) groups is 3. The summed E-state index contributed by atoms with van der Waals surface area (Å²) in [5.41, 5.74) is 0. The van der Waals surface area contributed by atoms with Crippen LogP contribution in [-0.4, -0.2) is 62.3 Å². The Bertz CT molecular complexity index is 889. The maximum absolute atomic E-state index is 13.2. The molecule has 0 N–H and O–H groups in total. The van der Waals surface area contributed by atoms with E-state index in [9.17, 15) is 14.4 Å². The maximum atomic E-state index is 13.2. The second-order valence-corrected chi connectivity index (χ2v) is 19.0. The molecule has 0 spiro atoms. The highest BCUT2D eigenvalue weighted by molar-refractivity contribution is 5.72. The van der Waals surface area contributed by atoms with Crippen molar-refractivity contribution in [3.05, 3.63) is 0 Å². The van der Waals surface area contributed by atoms with Gasteiger partial charge in [-0.3, -0.25) is 14.4 Å². The van der Waals surface area contributed by atoms with E-state index in [1.165, 1.54) is 167 Å². The lowest BCUT2D eigenvalue weighted by molar-refractivity contribution is -0.149. The van der Waals surface area contributed by atoms with Crippen LogP contribution in [0.5, 0.6) is 0 Å². The number of ether oxygens (including phenoxy) is 3. The van der Waals surface area contributed by atoms with Crippen molar-refractivity contribution in [1.82, 2.24) is 4.90 Å². The quantitative estimate of drug-likeness (QED) is 0.0342. The summed E-state index contributed by atoms with van der Waals surface area (Å²) >= 11 is 0. The Morgan fingerprint density at radius 2 is 0.661 bits per heavy atom. The zero-order valence-corrected chi connectivity index (χ0v) is 42.5. The number of rotatable bonds is 49. The molecule has 0 amide bonds. The molecule has 62 heavy (non-hydrogen) atoms. The average molecular weight is 878 g/mol. The number of hydrogen-bond acceptors (Lipinski definition) is 7. The van der Waals surface area contributed by atoms with E-state index < -0.39 is 0 Å². The standard InChI is InChI=1S/C55H107NO6/c1-7-13-29-38-50(39-30-14-8-2)48-53(57)60-45-35-27-23-19-17-21-25-33-42-52(55(59)62-47-37-44-56(11-5)12-6)43-34-26-22-18-20-24-28-36-46-61-54(58)49-51(40-31-15-9-3)41-32-16-10-4/h50-52H,7-49H2,1-6H3. The molecule has 0 radical (unpaired) electrons. The molecule has 0 aliphatic rings. The van der Waals surface area contributed by atoms with Crippen LogP contribution >= 0.6 is 0 Å². The molecule has 0 rings (SSSR count). The molecule has 0 unspecified atom stereocenters. The largest absolute Gasteiger partial charge is 0.466 e. The summed E-state index contributed by atoms with van der Waals surface area (Å²) < 4.78 is 17.1. The lowest BCUT2D eigenvalue weighted by Gasteiger charge is -2.19. The second-order valence-electron chi connectivity index (χ2n) is 19.0. The molecule has 0 aromatic carbocycles. The third-order valence-electron chi connectivity index (χ3n) is 13.3. The van der Waals surface area contributed by atoms with Gasteiger partial charge in [-0.15, -0.1) is 0 Å². The molecule has 7 nitrogen and oxygen atoms in total. The lowest BCUT2D eigenvalue weighted by Crippen LogP contribution is -2.26. The zero-order chi connectivity index (χ0) is 45.6. The van der Waals surface area contributed by atoms with Gasteiger partial charge in [0.05, 0.1) is 25.7 Å². The Hall–Kier alpha value is -1.63. The smallest absolute Gasteiger partial charge is 0.308 e. The summed E-state index contributed by atoms with van der Waals surface area (Å²) in [6.45, 7) is 18.1. The van der Waals surface area contributed by atoms with Crippen LogP contribution in [0.1, 0.15) is 279 Å². The van der Waals surface area contributed by atoms with Crippen molar-refractivity contribution in [3.8, 4) is 0 Å². The predicted molar refractivity (Wildman–Crippen MR) is 265 cm³/mol. The van der Waals surface area contributed by atoms with Gasteiger partial charge in [0.2, 0.25) is 0 Å². The van der Waals surface area contributed by atoms with E-state index in [0.717, 1.165) is 77.4 Å². The highest BCUT2D eigenvalue weighted by Crippen LogP contribution is 2.24. The molecular formula is C55H107NO6. The normalized spacial score (nSPS) is 11.7. The SMILES string of the molecule is CCCCCC(CCCCC)CC(=O)OCCCCCCCCCCC(CCCCCCCCCCOC(=O)CC(CCCCC)CCCCC)C(=O)OCCCN(CC)CC. The number of unbranched alkanes of at least 4 members (excludes halogenated alkanes) is 22. The van der Waals surface area contributed by atoms with Gasteiger partial charge >= 0.3 is 17.9 Å². The molecule has 0 saturated carbocycles. The Morgan fingerprint density at radius 3 is 1.00 bits per heavy atom. The predicted octanol–water partition coefficient (Wildman–Crippen LogP) is 16.3. The van der Waals surface area contributed by atoms with Gasteiger partial charge in [-0.05, 0) is 82.7 Å². The Morgan fingerprint density at radius 1 is 0.355 bits per heavy atom. The lowest BCUT2D eigenvalue weighted by atomic mass is 9.92. The molecule has 0 fully saturated rings. The zero-order valence-electron chi connectivity index (χ0n) is 42.5. The van der Waals surface area contributed by atoms with E-state index >= 15 is 0 Å². The van der Waals surface area contributed by atoms with Gasteiger partial charge in [0, 0.05) is 19.4 Å². The van der Waals surface area contributed by atoms with Gasteiger partial charge in [-0.1, -0.05) is 208 Å². The molecule has 0 aromatic rings. The van der Waals surface area contributed by atoms with E-state index in [-0.39, 0.29) is 23.8 Å². The van der Waals surface area contributed by atoms with Crippen molar-refractivity contribution in [3.63, 3.8) is 0 Å².